The number of rotatable bonds is 4. The third-order valence-corrected chi connectivity index (χ3v) is 5.14. The molecule has 0 saturated carbocycles. The molecular formula is C18H20F2N2S. The minimum Gasteiger partial charge on any atom is -0.321 e. The van der Waals surface area contributed by atoms with E-state index in [4.69, 9.17) is 0 Å². The maximum Gasteiger partial charge on any atom is 0.190 e. The Hall–Kier alpha value is -1.75. The molecule has 1 aromatic carbocycles. The molecule has 0 radical (unpaired) electrons. The quantitative estimate of drug-likeness (QED) is 0.679. The lowest BCUT2D eigenvalue weighted by Crippen LogP contribution is -2.17. The molecular weight excluding hydrogens is 314 g/mol. The summed E-state index contributed by atoms with van der Waals surface area (Å²) in [6.07, 6.45) is 8.29. The van der Waals surface area contributed by atoms with Crippen LogP contribution >= 0.6 is 11.3 Å². The van der Waals surface area contributed by atoms with E-state index in [-0.39, 0.29) is 5.69 Å². The minimum absolute atomic E-state index is 0.180. The van der Waals surface area contributed by atoms with Crippen molar-refractivity contribution in [3.8, 4) is 0 Å². The van der Waals surface area contributed by atoms with E-state index in [2.05, 4.69) is 15.6 Å². The lowest BCUT2D eigenvalue weighted by atomic mass is 9.97. The molecule has 0 amide bonds. The van der Waals surface area contributed by atoms with Crippen molar-refractivity contribution in [2.45, 2.75) is 45.6 Å². The molecule has 1 heterocycles. The maximum absolute atomic E-state index is 13.8. The molecule has 122 valence electrons. The zero-order chi connectivity index (χ0) is 16.2. The summed E-state index contributed by atoms with van der Waals surface area (Å²) in [5.41, 5.74) is 2.81. The Kier molecular flexibility index (Phi) is 5.06. The number of halogens is 2. The monoisotopic (exact) mass is 334 g/mol. The van der Waals surface area contributed by atoms with Crippen molar-refractivity contribution < 1.29 is 8.78 Å². The van der Waals surface area contributed by atoms with Gasteiger partial charge in [-0.1, -0.05) is 11.6 Å². The number of benzene rings is 1. The van der Waals surface area contributed by atoms with Crippen molar-refractivity contribution in [1.82, 2.24) is 4.57 Å². The van der Waals surface area contributed by atoms with Gasteiger partial charge in [-0.3, -0.25) is 0 Å². The van der Waals surface area contributed by atoms with Crippen LogP contribution in [0.15, 0.2) is 40.2 Å². The first-order valence-corrected chi connectivity index (χ1v) is 8.84. The highest BCUT2D eigenvalue weighted by molar-refractivity contribution is 7.07. The van der Waals surface area contributed by atoms with E-state index in [1.165, 1.54) is 54.7 Å². The van der Waals surface area contributed by atoms with Crippen molar-refractivity contribution in [2.24, 2.45) is 4.99 Å². The number of aromatic nitrogens is 1. The first kappa shape index (κ1) is 16.1. The summed E-state index contributed by atoms with van der Waals surface area (Å²) in [6, 6.07) is 3.49. The largest absolute Gasteiger partial charge is 0.321 e. The second-order valence-corrected chi connectivity index (χ2v) is 6.71. The highest BCUT2D eigenvalue weighted by Crippen LogP contribution is 2.21. The van der Waals surface area contributed by atoms with Gasteiger partial charge in [0.1, 0.15) is 11.5 Å². The number of hydrogen-bond donors (Lipinski definition) is 0. The van der Waals surface area contributed by atoms with Crippen molar-refractivity contribution >= 4 is 17.0 Å². The van der Waals surface area contributed by atoms with Gasteiger partial charge in [0, 0.05) is 23.7 Å². The van der Waals surface area contributed by atoms with Crippen LogP contribution in [0, 0.1) is 18.6 Å². The molecule has 2 aromatic rings. The maximum atomic E-state index is 13.8. The molecule has 2 nitrogen and oxygen atoms in total. The number of hydrogen-bond acceptors (Lipinski definition) is 2. The third-order valence-electron chi connectivity index (χ3n) is 4.16. The third kappa shape index (κ3) is 3.96. The number of nitrogens with zero attached hydrogens (tertiary/aromatic N) is 2. The molecule has 0 unspecified atom stereocenters. The van der Waals surface area contributed by atoms with E-state index in [1.54, 1.807) is 0 Å². The normalized spacial score (nSPS) is 15.8. The van der Waals surface area contributed by atoms with Gasteiger partial charge in [-0.25, -0.2) is 13.8 Å². The van der Waals surface area contributed by atoms with Crippen LogP contribution in [-0.2, 0) is 6.54 Å². The van der Waals surface area contributed by atoms with Crippen LogP contribution in [0.2, 0.25) is 0 Å². The fourth-order valence-corrected chi connectivity index (χ4v) is 3.75. The molecule has 0 N–H and O–H groups in total. The lowest BCUT2D eigenvalue weighted by molar-refractivity contribution is 0.582. The molecule has 1 aliphatic rings. The summed E-state index contributed by atoms with van der Waals surface area (Å²) in [5, 5.41) is 2.02. The van der Waals surface area contributed by atoms with E-state index < -0.39 is 11.6 Å². The van der Waals surface area contributed by atoms with Crippen molar-refractivity contribution in [3.05, 3.63) is 57.4 Å². The average Bonchev–Trinajstić information content (AvgIpc) is 2.89. The Balaban J connectivity index is 1.85. The molecule has 0 saturated heterocycles. The summed E-state index contributed by atoms with van der Waals surface area (Å²) >= 11 is 1.49. The van der Waals surface area contributed by atoms with E-state index >= 15 is 0 Å². The van der Waals surface area contributed by atoms with Gasteiger partial charge in [0.15, 0.2) is 10.6 Å². The van der Waals surface area contributed by atoms with Gasteiger partial charge in [-0.15, -0.1) is 11.3 Å². The first-order valence-electron chi connectivity index (χ1n) is 7.96. The number of thiazole rings is 1. The molecule has 0 atom stereocenters. The Morgan fingerprint density at radius 3 is 2.87 bits per heavy atom. The van der Waals surface area contributed by atoms with Crippen LogP contribution in [0.1, 0.15) is 37.8 Å². The van der Waals surface area contributed by atoms with Crippen molar-refractivity contribution in [3.63, 3.8) is 0 Å². The average molecular weight is 334 g/mol. The van der Waals surface area contributed by atoms with Crippen LogP contribution in [0.5, 0.6) is 0 Å². The predicted molar refractivity (Wildman–Crippen MR) is 89.8 cm³/mol. The van der Waals surface area contributed by atoms with Gasteiger partial charge >= 0.3 is 0 Å². The molecule has 0 aliphatic heterocycles. The zero-order valence-corrected chi connectivity index (χ0v) is 14.0. The SMILES string of the molecule is Cc1csc(=Nc2ccc(F)cc2F)n1CCC1=CCCCC1. The summed E-state index contributed by atoms with van der Waals surface area (Å²) in [5.74, 6) is -1.21. The van der Waals surface area contributed by atoms with E-state index in [9.17, 15) is 8.78 Å². The Morgan fingerprint density at radius 1 is 1.26 bits per heavy atom. The Morgan fingerprint density at radius 2 is 2.13 bits per heavy atom. The molecule has 5 heteroatoms. The minimum atomic E-state index is -0.627. The fourth-order valence-electron chi connectivity index (χ4n) is 2.84. The summed E-state index contributed by atoms with van der Waals surface area (Å²) < 4.78 is 28.9. The molecule has 0 spiro atoms. The van der Waals surface area contributed by atoms with Gasteiger partial charge in [0.25, 0.3) is 0 Å². The number of aryl methyl sites for hydroxylation is 1. The smallest absolute Gasteiger partial charge is 0.190 e. The molecule has 3 rings (SSSR count). The van der Waals surface area contributed by atoms with Crippen LogP contribution in [0.3, 0.4) is 0 Å². The van der Waals surface area contributed by atoms with Crippen LogP contribution in [0.25, 0.3) is 0 Å². The standard InChI is InChI=1S/C18H20F2N2S/c1-13-12-23-18(21-17-8-7-15(19)11-16(17)20)22(13)10-9-14-5-3-2-4-6-14/h5,7-8,11-12H,2-4,6,9-10H2,1H3. The van der Waals surface area contributed by atoms with E-state index in [1.807, 2.05) is 12.3 Å². The van der Waals surface area contributed by atoms with Gasteiger partial charge in [0.05, 0.1) is 0 Å². The lowest BCUT2D eigenvalue weighted by Gasteiger charge is -2.13. The molecule has 1 aromatic heterocycles. The fraction of sp³-hybridized carbons (Fsp3) is 0.389. The van der Waals surface area contributed by atoms with Crippen molar-refractivity contribution in [1.29, 1.82) is 0 Å². The van der Waals surface area contributed by atoms with E-state index in [0.29, 0.717) is 0 Å². The Bertz CT molecular complexity index is 787. The first-order chi connectivity index (χ1) is 11.1. The summed E-state index contributed by atoms with van der Waals surface area (Å²) in [7, 11) is 0. The molecule has 23 heavy (non-hydrogen) atoms. The summed E-state index contributed by atoms with van der Waals surface area (Å²) in [4.78, 5) is 5.14. The van der Waals surface area contributed by atoms with Gasteiger partial charge < -0.3 is 4.57 Å². The van der Waals surface area contributed by atoms with E-state index in [0.717, 1.165) is 29.5 Å². The molecule has 0 fully saturated rings. The van der Waals surface area contributed by atoms with Crippen molar-refractivity contribution in [2.75, 3.05) is 0 Å². The zero-order valence-electron chi connectivity index (χ0n) is 13.2. The highest BCUT2D eigenvalue weighted by atomic mass is 32.1. The molecule has 1 aliphatic carbocycles. The van der Waals surface area contributed by atoms with Crippen LogP contribution in [0.4, 0.5) is 14.5 Å². The Labute approximate surface area is 138 Å². The van der Waals surface area contributed by atoms with Crippen LogP contribution in [-0.4, -0.2) is 4.57 Å². The second-order valence-electron chi connectivity index (χ2n) is 5.88. The topological polar surface area (TPSA) is 17.3 Å². The van der Waals surface area contributed by atoms with Gasteiger partial charge in [0.2, 0.25) is 0 Å². The molecule has 0 bridgehead atoms. The number of allylic oxidation sites excluding steroid dienone is 2. The van der Waals surface area contributed by atoms with Crippen LogP contribution < -0.4 is 4.80 Å². The second kappa shape index (κ2) is 7.21. The van der Waals surface area contributed by atoms with Gasteiger partial charge in [-0.05, 0) is 51.2 Å². The van der Waals surface area contributed by atoms with Gasteiger partial charge in [-0.2, -0.15) is 0 Å². The summed E-state index contributed by atoms with van der Waals surface area (Å²) in [6.45, 7) is 2.88. The highest BCUT2D eigenvalue weighted by Gasteiger charge is 2.08. The predicted octanol–water partition coefficient (Wildman–Crippen LogP) is 5.26.